The van der Waals surface area contributed by atoms with Crippen LogP contribution >= 0.6 is 0 Å². The number of anilines is 1. The SMILES string of the molecule is Cc1cnccc1N1CCN(C(=O)CC[C@@H]2NC(=O)NC2=O)CC1. The van der Waals surface area contributed by atoms with Gasteiger partial charge in [-0.2, -0.15) is 0 Å². The molecule has 0 saturated carbocycles. The minimum absolute atomic E-state index is 0.0232. The lowest BCUT2D eigenvalue weighted by Crippen LogP contribution is -2.49. The van der Waals surface area contributed by atoms with E-state index in [0.717, 1.165) is 24.3 Å². The molecule has 128 valence electrons. The van der Waals surface area contributed by atoms with E-state index in [-0.39, 0.29) is 18.2 Å². The molecule has 2 saturated heterocycles. The van der Waals surface area contributed by atoms with Crippen LogP contribution in [0.3, 0.4) is 0 Å². The topological polar surface area (TPSA) is 94.6 Å². The van der Waals surface area contributed by atoms with Gasteiger partial charge in [-0.05, 0) is 25.0 Å². The van der Waals surface area contributed by atoms with E-state index in [1.807, 2.05) is 24.1 Å². The van der Waals surface area contributed by atoms with E-state index in [1.165, 1.54) is 0 Å². The zero-order valence-corrected chi connectivity index (χ0v) is 13.6. The van der Waals surface area contributed by atoms with Gasteiger partial charge in [0.15, 0.2) is 0 Å². The van der Waals surface area contributed by atoms with Gasteiger partial charge in [-0.15, -0.1) is 0 Å². The highest BCUT2D eigenvalue weighted by Crippen LogP contribution is 2.20. The summed E-state index contributed by atoms with van der Waals surface area (Å²) < 4.78 is 0. The quantitative estimate of drug-likeness (QED) is 0.759. The molecule has 2 N–H and O–H groups in total. The first kappa shape index (κ1) is 16.2. The molecule has 1 atom stereocenters. The molecule has 0 radical (unpaired) electrons. The van der Waals surface area contributed by atoms with Crippen molar-refractivity contribution in [2.75, 3.05) is 31.1 Å². The Kier molecular flexibility index (Phi) is 4.64. The minimum Gasteiger partial charge on any atom is -0.368 e. The van der Waals surface area contributed by atoms with Crippen LogP contribution in [0.25, 0.3) is 0 Å². The zero-order chi connectivity index (χ0) is 17.1. The summed E-state index contributed by atoms with van der Waals surface area (Å²) in [6.45, 7) is 4.89. The van der Waals surface area contributed by atoms with Crippen molar-refractivity contribution >= 4 is 23.5 Å². The van der Waals surface area contributed by atoms with Crippen LogP contribution < -0.4 is 15.5 Å². The molecule has 2 fully saturated rings. The van der Waals surface area contributed by atoms with Gasteiger partial charge in [0.2, 0.25) is 5.91 Å². The van der Waals surface area contributed by atoms with Gasteiger partial charge < -0.3 is 15.1 Å². The summed E-state index contributed by atoms with van der Waals surface area (Å²) in [7, 11) is 0. The molecule has 24 heavy (non-hydrogen) atoms. The molecular formula is C16H21N5O3. The molecule has 4 amide bonds. The van der Waals surface area contributed by atoms with E-state index >= 15 is 0 Å². The molecule has 0 bridgehead atoms. The number of nitrogens with one attached hydrogen (secondary N) is 2. The number of urea groups is 1. The maximum absolute atomic E-state index is 12.3. The summed E-state index contributed by atoms with van der Waals surface area (Å²) in [5, 5.41) is 4.69. The third-order valence-electron chi connectivity index (χ3n) is 4.47. The Bertz CT molecular complexity index is 655. The lowest BCUT2D eigenvalue weighted by atomic mass is 10.1. The van der Waals surface area contributed by atoms with Crippen LogP contribution in [0.5, 0.6) is 0 Å². The van der Waals surface area contributed by atoms with Crippen LogP contribution in [0.15, 0.2) is 18.5 Å². The summed E-state index contributed by atoms with van der Waals surface area (Å²) >= 11 is 0. The summed E-state index contributed by atoms with van der Waals surface area (Å²) in [5.41, 5.74) is 2.28. The molecule has 0 aliphatic carbocycles. The number of imide groups is 1. The van der Waals surface area contributed by atoms with Gasteiger partial charge in [0.05, 0.1) is 0 Å². The van der Waals surface area contributed by atoms with Gasteiger partial charge in [0.1, 0.15) is 6.04 Å². The molecule has 0 aromatic carbocycles. The van der Waals surface area contributed by atoms with Gasteiger partial charge in [-0.1, -0.05) is 0 Å². The number of hydrogen-bond donors (Lipinski definition) is 2. The Balaban J connectivity index is 1.48. The summed E-state index contributed by atoms with van der Waals surface area (Å²) in [4.78, 5) is 43.0. The first-order valence-corrected chi connectivity index (χ1v) is 8.09. The average molecular weight is 331 g/mol. The van der Waals surface area contributed by atoms with Crippen molar-refractivity contribution in [1.82, 2.24) is 20.5 Å². The predicted molar refractivity (Wildman–Crippen MR) is 87.5 cm³/mol. The van der Waals surface area contributed by atoms with Crippen LogP contribution in [-0.2, 0) is 9.59 Å². The van der Waals surface area contributed by atoms with Gasteiger partial charge in [-0.3, -0.25) is 19.9 Å². The van der Waals surface area contributed by atoms with Crippen LogP contribution in [-0.4, -0.2) is 60.0 Å². The number of piperazine rings is 1. The van der Waals surface area contributed by atoms with E-state index in [4.69, 9.17) is 0 Å². The normalized spacial score (nSPS) is 20.8. The highest BCUT2D eigenvalue weighted by atomic mass is 16.2. The molecule has 3 rings (SSSR count). The van der Waals surface area contributed by atoms with E-state index in [0.29, 0.717) is 19.5 Å². The molecule has 3 heterocycles. The summed E-state index contributed by atoms with van der Waals surface area (Å²) in [5.74, 6) is -0.333. The lowest BCUT2D eigenvalue weighted by molar-refractivity contribution is -0.131. The van der Waals surface area contributed by atoms with Gasteiger partial charge >= 0.3 is 6.03 Å². The largest absolute Gasteiger partial charge is 0.368 e. The van der Waals surface area contributed by atoms with Crippen molar-refractivity contribution in [1.29, 1.82) is 0 Å². The van der Waals surface area contributed by atoms with Crippen LogP contribution in [0.4, 0.5) is 10.5 Å². The maximum Gasteiger partial charge on any atom is 0.322 e. The standard InChI is InChI=1S/C16H21N5O3/c1-11-10-17-5-4-13(11)20-6-8-21(9-7-20)14(22)3-2-12-15(23)19-16(24)18-12/h4-5,10,12H,2-3,6-9H2,1H3,(H2,18,19,23,24)/t12-/m0/s1. The Morgan fingerprint density at radius 1 is 1.29 bits per heavy atom. The van der Waals surface area contributed by atoms with Crippen molar-refractivity contribution in [3.63, 3.8) is 0 Å². The first-order valence-electron chi connectivity index (χ1n) is 8.09. The Hall–Kier alpha value is -2.64. The molecule has 0 unspecified atom stereocenters. The molecular weight excluding hydrogens is 310 g/mol. The molecule has 2 aliphatic heterocycles. The van der Waals surface area contributed by atoms with Crippen LogP contribution in [0.1, 0.15) is 18.4 Å². The van der Waals surface area contributed by atoms with Crippen molar-refractivity contribution in [2.45, 2.75) is 25.8 Å². The van der Waals surface area contributed by atoms with Crippen molar-refractivity contribution in [2.24, 2.45) is 0 Å². The van der Waals surface area contributed by atoms with E-state index in [1.54, 1.807) is 6.20 Å². The molecule has 1 aromatic rings. The Morgan fingerprint density at radius 3 is 2.67 bits per heavy atom. The van der Waals surface area contributed by atoms with E-state index < -0.39 is 12.1 Å². The van der Waals surface area contributed by atoms with Crippen molar-refractivity contribution in [3.05, 3.63) is 24.0 Å². The molecule has 1 aromatic heterocycles. The van der Waals surface area contributed by atoms with Gasteiger partial charge in [0, 0.05) is 50.7 Å². The van der Waals surface area contributed by atoms with Gasteiger partial charge in [0.25, 0.3) is 5.91 Å². The Morgan fingerprint density at radius 2 is 2.04 bits per heavy atom. The predicted octanol–water partition coefficient (Wildman–Crippen LogP) is 0.0268. The monoisotopic (exact) mass is 331 g/mol. The van der Waals surface area contributed by atoms with Crippen LogP contribution in [0, 0.1) is 6.92 Å². The number of aromatic nitrogens is 1. The number of pyridine rings is 1. The number of hydrogen-bond acceptors (Lipinski definition) is 5. The van der Waals surface area contributed by atoms with Crippen molar-refractivity contribution < 1.29 is 14.4 Å². The highest BCUT2D eigenvalue weighted by Gasteiger charge is 2.30. The number of aryl methyl sites for hydroxylation is 1. The number of nitrogens with zero attached hydrogens (tertiary/aromatic N) is 3. The van der Waals surface area contributed by atoms with Crippen molar-refractivity contribution in [3.8, 4) is 0 Å². The molecule has 2 aliphatic rings. The number of amides is 4. The zero-order valence-electron chi connectivity index (χ0n) is 13.6. The first-order chi connectivity index (χ1) is 11.5. The second-order valence-corrected chi connectivity index (χ2v) is 6.08. The fourth-order valence-corrected chi connectivity index (χ4v) is 3.11. The number of rotatable bonds is 4. The Labute approximate surface area is 140 Å². The maximum atomic E-state index is 12.3. The van der Waals surface area contributed by atoms with Gasteiger partial charge in [-0.25, -0.2) is 4.79 Å². The molecule has 0 spiro atoms. The second kappa shape index (κ2) is 6.86. The highest BCUT2D eigenvalue weighted by molar-refractivity contribution is 6.04. The summed E-state index contributed by atoms with van der Waals surface area (Å²) in [6, 6.07) is 0.912. The summed E-state index contributed by atoms with van der Waals surface area (Å²) in [6.07, 6.45) is 4.21. The molecule has 8 nitrogen and oxygen atoms in total. The number of carbonyl (C=O) groups is 3. The van der Waals surface area contributed by atoms with E-state index in [9.17, 15) is 14.4 Å². The molecule has 8 heteroatoms. The smallest absolute Gasteiger partial charge is 0.322 e. The third kappa shape index (κ3) is 3.47. The van der Waals surface area contributed by atoms with E-state index in [2.05, 4.69) is 20.5 Å². The average Bonchev–Trinajstić information content (AvgIpc) is 2.91. The fraction of sp³-hybridized carbons (Fsp3) is 0.500. The third-order valence-corrected chi connectivity index (χ3v) is 4.47. The lowest BCUT2D eigenvalue weighted by Gasteiger charge is -2.36. The number of carbonyl (C=O) groups excluding carboxylic acids is 3. The second-order valence-electron chi connectivity index (χ2n) is 6.08. The van der Waals surface area contributed by atoms with Crippen LogP contribution in [0.2, 0.25) is 0 Å². The minimum atomic E-state index is -0.595. The fourth-order valence-electron chi connectivity index (χ4n) is 3.11.